The van der Waals surface area contributed by atoms with Crippen LogP contribution in [0.3, 0.4) is 0 Å². The van der Waals surface area contributed by atoms with E-state index < -0.39 is 22.3 Å². The second-order valence-electron chi connectivity index (χ2n) is 9.60. The molecule has 2 saturated heterocycles. The minimum Gasteiger partial charge on any atom is -0.441 e. The molecular weight excluding hydrogens is 472 g/mol. The highest BCUT2D eigenvalue weighted by molar-refractivity contribution is 7.85. The van der Waals surface area contributed by atoms with Crippen molar-refractivity contribution in [3.05, 3.63) is 64.7 Å². The third-order valence-electron chi connectivity index (χ3n) is 6.31. The summed E-state index contributed by atoms with van der Waals surface area (Å²) in [6.45, 7) is 8.83. The van der Waals surface area contributed by atoms with Crippen molar-refractivity contribution in [3.63, 3.8) is 0 Å². The van der Waals surface area contributed by atoms with E-state index in [-0.39, 0.29) is 18.6 Å². The molecule has 1 atom stereocenters. The summed E-state index contributed by atoms with van der Waals surface area (Å²) in [6.07, 6.45) is -0.175. The van der Waals surface area contributed by atoms with Gasteiger partial charge in [0.1, 0.15) is 26.0 Å². The number of hydrogen-bond acceptors (Lipinski definition) is 8. The summed E-state index contributed by atoms with van der Waals surface area (Å²) in [7, 11) is -3.60. The number of carbonyl (C=O) groups excluding carboxylic acids is 1. The smallest absolute Gasteiger partial charge is 0.414 e. The van der Waals surface area contributed by atoms with Gasteiger partial charge in [0.05, 0.1) is 12.8 Å². The van der Waals surface area contributed by atoms with E-state index in [2.05, 4.69) is 11.8 Å². The van der Waals surface area contributed by atoms with Gasteiger partial charge < -0.3 is 4.74 Å². The van der Waals surface area contributed by atoms with E-state index in [1.165, 1.54) is 10.5 Å². The first-order valence-corrected chi connectivity index (χ1v) is 13.3. The van der Waals surface area contributed by atoms with Gasteiger partial charge in [-0.05, 0) is 48.2 Å². The van der Waals surface area contributed by atoms with Crippen LogP contribution in [-0.2, 0) is 40.8 Å². The molecule has 2 aliphatic heterocycles. The highest BCUT2D eigenvalue weighted by Gasteiger charge is 2.42. The Morgan fingerprint density at radius 1 is 1.09 bits per heavy atom. The SMILES string of the molecule is Cc1cc(N2CC(COS(C)(=O)=O)OC2=O)cc(C)c1C1(C)CN(COOCc2ccccc2)C1. The number of aryl methyl sites for hydroxylation is 2. The van der Waals surface area contributed by atoms with Gasteiger partial charge in [-0.1, -0.05) is 37.3 Å². The number of carbonyl (C=O) groups is 1. The number of nitrogens with zero attached hydrogens (tertiary/aromatic N) is 2. The van der Waals surface area contributed by atoms with Gasteiger partial charge in [0, 0.05) is 24.2 Å². The number of amides is 1. The lowest BCUT2D eigenvalue weighted by molar-refractivity contribution is -0.330. The Bertz CT molecular complexity index is 1140. The molecule has 2 aromatic rings. The zero-order valence-electron chi connectivity index (χ0n) is 20.5. The van der Waals surface area contributed by atoms with Gasteiger partial charge in [-0.15, -0.1) is 0 Å². The molecule has 10 heteroatoms. The number of rotatable bonds is 10. The molecule has 1 amide bonds. The molecule has 1 unspecified atom stereocenters. The van der Waals surface area contributed by atoms with Crippen molar-refractivity contribution in [2.24, 2.45) is 0 Å². The Hall–Kier alpha value is -2.50. The van der Waals surface area contributed by atoms with E-state index in [1.54, 1.807) is 0 Å². The van der Waals surface area contributed by atoms with E-state index in [1.807, 2.05) is 56.3 Å². The maximum atomic E-state index is 12.4. The summed E-state index contributed by atoms with van der Waals surface area (Å²) >= 11 is 0. The minimum absolute atomic E-state index is 0.0349. The number of benzene rings is 2. The predicted octanol–water partition coefficient (Wildman–Crippen LogP) is 3.28. The molecule has 0 bridgehead atoms. The molecule has 2 heterocycles. The van der Waals surface area contributed by atoms with Crippen molar-refractivity contribution < 1.29 is 31.9 Å². The molecule has 0 saturated carbocycles. The number of hydrogen-bond donors (Lipinski definition) is 0. The second kappa shape index (κ2) is 10.2. The summed E-state index contributed by atoms with van der Waals surface area (Å²) < 4.78 is 32.6. The van der Waals surface area contributed by atoms with E-state index in [0.29, 0.717) is 13.3 Å². The Labute approximate surface area is 206 Å². The first-order chi connectivity index (χ1) is 16.5. The Kier molecular flexibility index (Phi) is 7.48. The first kappa shape index (κ1) is 25.6. The quantitative estimate of drug-likeness (QED) is 0.211. The standard InChI is InChI=1S/C25H32N2O7S/c1-18-10-21(27-12-22(34-24(27)28)14-33-35(4,29)30)11-19(2)23(18)25(3)15-26(16-25)17-32-31-13-20-8-6-5-7-9-20/h5-11,22H,12-17H2,1-4H3. The van der Waals surface area contributed by atoms with Crippen LogP contribution in [0.15, 0.2) is 42.5 Å². The van der Waals surface area contributed by atoms with Crippen molar-refractivity contribution in [2.45, 2.75) is 38.9 Å². The fourth-order valence-electron chi connectivity index (χ4n) is 5.05. The van der Waals surface area contributed by atoms with Crippen LogP contribution in [-0.4, -0.2) is 64.7 Å². The normalized spacial score (nSPS) is 20.1. The molecule has 2 fully saturated rings. The molecule has 0 N–H and O–H groups in total. The zero-order valence-corrected chi connectivity index (χ0v) is 21.3. The van der Waals surface area contributed by atoms with Crippen molar-refractivity contribution in [3.8, 4) is 0 Å². The molecule has 35 heavy (non-hydrogen) atoms. The third-order valence-corrected chi connectivity index (χ3v) is 6.87. The summed E-state index contributed by atoms with van der Waals surface area (Å²) in [5, 5.41) is 0. The van der Waals surface area contributed by atoms with Crippen LogP contribution in [0.4, 0.5) is 10.5 Å². The lowest BCUT2D eigenvalue weighted by Crippen LogP contribution is -2.58. The van der Waals surface area contributed by atoms with Crippen LogP contribution in [0.5, 0.6) is 0 Å². The molecule has 0 spiro atoms. The van der Waals surface area contributed by atoms with Gasteiger partial charge in [0.15, 0.2) is 0 Å². The monoisotopic (exact) mass is 504 g/mol. The van der Waals surface area contributed by atoms with E-state index >= 15 is 0 Å². The van der Waals surface area contributed by atoms with Crippen LogP contribution in [0.2, 0.25) is 0 Å². The molecule has 2 aliphatic rings. The highest BCUT2D eigenvalue weighted by atomic mass is 32.2. The molecular formula is C25H32N2O7S. The summed E-state index contributed by atoms with van der Waals surface area (Å²) in [4.78, 5) is 26.9. The molecule has 9 nitrogen and oxygen atoms in total. The average Bonchev–Trinajstić information content (AvgIpc) is 3.14. The molecule has 190 valence electrons. The van der Waals surface area contributed by atoms with Crippen LogP contribution in [0.25, 0.3) is 0 Å². The predicted molar refractivity (Wildman–Crippen MR) is 130 cm³/mol. The third kappa shape index (κ3) is 6.20. The average molecular weight is 505 g/mol. The number of ether oxygens (including phenoxy) is 1. The van der Waals surface area contributed by atoms with Gasteiger partial charge >= 0.3 is 6.09 Å². The van der Waals surface area contributed by atoms with Crippen molar-refractivity contribution >= 4 is 21.9 Å². The van der Waals surface area contributed by atoms with Crippen molar-refractivity contribution in [1.29, 1.82) is 0 Å². The fraction of sp³-hybridized carbons (Fsp3) is 0.480. The largest absolute Gasteiger partial charge is 0.441 e. The van der Waals surface area contributed by atoms with Crippen molar-refractivity contribution in [2.75, 3.05) is 44.1 Å². The Morgan fingerprint density at radius 3 is 2.37 bits per heavy atom. The number of anilines is 1. The number of likely N-dealkylation sites (tertiary alicyclic amines) is 1. The number of cyclic esters (lactones) is 1. The van der Waals surface area contributed by atoms with Crippen molar-refractivity contribution in [1.82, 2.24) is 4.90 Å². The summed E-state index contributed by atoms with van der Waals surface area (Å²) in [5.74, 6) is 0. The van der Waals surface area contributed by atoms with Gasteiger partial charge in [-0.25, -0.2) is 14.6 Å². The summed E-state index contributed by atoms with van der Waals surface area (Å²) in [6, 6.07) is 13.8. The van der Waals surface area contributed by atoms with E-state index in [4.69, 9.17) is 18.7 Å². The highest BCUT2D eigenvalue weighted by Crippen LogP contribution is 2.40. The van der Waals surface area contributed by atoms with Crippen LogP contribution < -0.4 is 4.90 Å². The maximum Gasteiger partial charge on any atom is 0.414 e. The van der Waals surface area contributed by atoms with Gasteiger partial charge in [0.25, 0.3) is 10.1 Å². The Morgan fingerprint density at radius 2 is 1.74 bits per heavy atom. The second-order valence-corrected chi connectivity index (χ2v) is 11.2. The summed E-state index contributed by atoms with van der Waals surface area (Å²) in [5.41, 5.74) is 5.19. The van der Waals surface area contributed by atoms with E-state index in [0.717, 1.165) is 41.7 Å². The fourth-order valence-corrected chi connectivity index (χ4v) is 5.45. The molecule has 0 aromatic heterocycles. The minimum atomic E-state index is -3.60. The van der Waals surface area contributed by atoms with Crippen LogP contribution in [0, 0.1) is 13.8 Å². The Balaban J connectivity index is 1.33. The van der Waals surface area contributed by atoms with Crippen LogP contribution >= 0.6 is 0 Å². The lowest BCUT2D eigenvalue weighted by Gasteiger charge is -2.49. The molecule has 2 aromatic carbocycles. The van der Waals surface area contributed by atoms with Crippen LogP contribution in [0.1, 0.15) is 29.2 Å². The molecule has 0 radical (unpaired) electrons. The topological polar surface area (TPSA) is 94.6 Å². The van der Waals surface area contributed by atoms with Gasteiger partial charge in [0.2, 0.25) is 0 Å². The zero-order chi connectivity index (χ0) is 25.2. The van der Waals surface area contributed by atoms with Gasteiger partial charge in [-0.2, -0.15) is 8.42 Å². The molecule has 4 rings (SSSR count). The van der Waals surface area contributed by atoms with Gasteiger partial charge in [-0.3, -0.25) is 14.0 Å². The lowest BCUT2D eigenvalue weighted by atomic mass is 9.72. The molecule has 0 aliphatic carbocycles. The first-order valence-electron chi connectivity index (χ1n) is 11.5. The maximum absolute atomic E-state index is 12.4. The van der Waals surface area contributed by atoms with E-state index in [9.17, 15) is 13.2 Å².